The molecule has 17 heavy (non-hydrogen) atoms. The first-order chi connectivity index (χ1) is 8.29. The molecule has 1 atom stereocenters. The Morgan fingerprint density at radius 1 is 1.59 bits per heavy atom. The fraction of sp³-hybridized carbons (Fsp3) is 0.583. The molecule has 3 rings (SSSR count). The Morgan fingerprint density at radius 2 is 2.41 bits per heavy atom. The highest BCUT2D eigenvalue weighted by molar-refractivity contribution is 9.09. The van der Waals surface area contributed by atoms with Crippen molar-refractivity contribution >= 4 is 33.2 Å². The summed E-state index contributed by atoms with van der Waals surface area (Å²) in [5, 5.41) is 3.41. The quantitative estimate of drug-likeness (QED) is 0.785. The minimum absolute atomic E-state index is 0.171. The summed E-state index contributed by atoms with van der Waals surface area (Å²) in [6, 6.07) is 2.32. The number of fused-ring (bicyclic) bond motifs is 1. The van der Waals surface area contributed by atoms with E-state index in [4.69, 9.17) is 4.74 Å². The number of hydrogen-bond donors (Lipinski definition) is 0. The van der Waals surface area contributed by atoms with Crippen LogP contribution in [0.3, 0.4) is 0 Å². The maximum absolute atomic E-state index is 12.0. The van der Waals surface area contributed by atoms with E-state index >= 15 is 0 Å². The predicted molar refractivity (Wildman–Crippen MR) is 70.7 cm³/mol. The van der Waals surface area contributed by atoms with Crippen LogP contribution in [0, 0.1) is 5.92 Å². The molecule has 0 unspecified atom stereocenters. The molecule has 2 heterocycles. The zero-order valence-corrected chi connectivity index (χ0v) is 11.8. The molecule has 1 saturated carbocycles. The van der Waals surface area contributed by atoms with Gasteiger partial charge in [-0.25, -0.2) is 0 Å². The topological polar surface area (TPSA) is 29.5 Å². The molecule has 5 heteroatoms. The standard InChI is InChI=1S/C12H14BrNO2S/c13-5-11(15)14-6-9-3-4-17-12(9)16-7-10(14)8-1-2-8/h3-4,8,10H,1-2,5-7H2/t10-/m0/s1. The Balaban J connectivity index is 1.87. The minimum Gasteiger partial charge on any atom is -0.482 e. The highest BCUT2D eigenvalue weighted by Gasteiger charge is 2.39. The second kappa shape index (κ2) is 4.61. The monoisotopic (exact) mass is 315 g/mol. The molecule has 0 N–H and O–H groups in total. The molecule has 0 radical (unpaired) electrons. The van der Waals surface area contributed by atoms with Crippen LogP contribution in [0.15, 0.2) is 11.4 Å². The van der Waals surface area contributed by atoms with Crippen molar-refractivity contribution < 1.29 is 9.53 Å². The minimum atomic E-state index is 0.171. The summed E-state index contributed by atoms with van der Waals surface area (Å²) in [6.45, 7) is 1.35. The van der Waals surface area contributed by atoms with Gasteiger partial charge in [0.1, 0.15) is 6.61 Å². The lowest BCUT2D eigenvalue weighted by atomic mass is 10.1. The molecule has 0 bridgehead atoms. The summed E-state index contributed by atoms with van der Waals surface area (Å²) in [7, 11) is 0. The SMILES string of the molecule is O=C(CBr)N1Cc2ccsc2OC[C@H]1C1CC1. The third kappa shape index (κ3) is 2.22. The van der Waals surface area contributed by atoms with Crippen molar-refractivity contribution in [1.82, 2.24) is 4.90 Å². The largest absolute Gasteiger partial charge is 0.482 e. The van der Waals surface area contributed by atoms with Crippen LogP contribution in [-0.4, -0.2) is 28.8 Å². The number of nitrogens with zero attached hydrogens (tertiary/aromatic N) is 1. The lowest BCUT2D eigenvalue weighted by molar-refractivity contribution is -0.132. The van der Waals surface area contributed by atoms with Crippen LogP contribution in [0.2, 0.25) is 0 Å². The predicted octanol–water partition coefficient (Wildman–Crippen LogP) is 2.64. The van der Waals surface area contributed by atoms with E-state index in [1.54, 1.807) is 11.3 Å². The van der Waals surface area contributed by atoms with E-state index < -0.39 is 0 Å². The second-order valence-electron chi connectivity index (χ2n) is 4.60. The maximum Gasteiger partial charge on any atom is 0.233 e. The summed E-state index contributed by atoms with van der Waals surface area (Å²) in [6.07, 6.45) is 2.46. The van der Waals surface area contributed by atoms with Gasteiger partial charge in [0.2, 0.25) is 5.91 Å². The average Bonchev–Trinajstić information content (AvgIpc) is 3.11. The molecule has 1 aliphatic carbocycles. The van der Waals surface area contributed by atoms with Crippen molar-refractivity contribution in [2.45, 2.75) is 25.4 Å². The zero-order valence-electron chi connectivity index (χ0n) is 9.39. The Hall–Kier alpha value is -0.550. The van der Waals surface area contributed by atoms with E-state index in [9.17, 15) is 4.79 Å². The van der Waals surface area contributed by atoms with Crippen molar-refractivity contribution in [2.75, 3.05) is 11.9 Å². The van der Waals surface area contributed by atoms with E-state index in [1.807, 2.05) is 10.3 Å². The molecule has 1 aromatic rings. The van der Waals surface area contributed by atoms with Gasteiger partial charge in [-0.15, -0.1) is 11.3 Å². The average molecular weight is 316 g/mol. The second-order valence-corrected chi connectivity index (χ2v) is 6.04. The van der Waals surface area contributed by atoms with Gasteiger partial charge in [-0.3, -0.25) is 4.79 Å². The molecule has 0 saturated heterocycles. The molecular weight excluding hydrogens is 302 g/mol. The summed E-state index contributed by atoms with van der Waals surface area (Å²) in [4.78, 5) is 14.0. The lowest BCUT2D eigenvalue weighted by Gasteiger charge is -2.28. The number of thiophene rings is 1. The number of halogens is 1. The first kappa shape index (κ1) is 11.5. The van der Waals surface area contributed by atoms with E-state index in [2.05, 4.69) is 22.0 Å². The molecule has 0 spiro atoms. The Labute approximate surface area is 113 Å². The van der Waals surface area contributed by atoms with Gasteiger partial charge in [0, 0.05) is 5.56 Å². The van der Waals surface area contributed by atoms with Crippen LogP contribution in [0.25, 0.3) is 0 Å². The molecule has 3 nitrogen and oxygen atoms in total. The van der Waals surface area contributed by atoms with Crippen molar-refractivity contribution in [3.8, 4) is 5.06 Å². The third-order valence-electron chi connectivity index (χ3n) is 3.43. The van der Waals surface area contributed by atoms with Crippen molar-refractivity contribution in [3.63, 3.8) is 0 Å². The lowest BCUT2D eigenvalue weighted by Crippen LogP contribution is -2.43. The summed E-state index contributed by atoms with van der Waals surface area (Å²) >= 11 is 4.90. The van der Waals surface area contributed by atoms with Gasteiger partial charge >= 0.3 is 0 Å². The van der Waals surface area contributed by atoms with Crippen LogP contribution in [-0.2, 0) is 11.3 Å². The van der Waals surface area contributed by atoms with Gasteiger partial charge in [-0.05, 0) is 30.2 Å². The van der Waals surface area contributed by atoms with Crippen molar-refractivity contribution in [2.24, 2.45) is 5.92 Å². The highest BCUT2D eigenvalue weighted by Crippen LogP contribution is 2.39. The van der Waals surface area contributed by atoms with Gasteiger partial charge in [0.25, 0.3) is 0 Å². The van der Waals surface area contributed by atoms with E-state index in [1.165, 1.54) is 12.8 Å². The number of amides is 1. The van der Waals surface area contributed by atoms with Crippen LogP contribution in [0.5, 0.6) is 5.06 Å². The van der Waals surface area contributed by atoms with Crippen molar-refractivity contribution in [3.05, 3.63) is 17.0 Å². The number of carbonyl (C=O) groups is 1. The molecule has 1 amide bonds. The molecule has 1 aromatic heterocycles. The summed E-state index contributed by atoms with van der Waals surface area (Å²) in [5.74, 6) is 0.816. The van der Waals surface area contributed by atoms with E-state index in [0.29, 0.717) is 24.4 Å². The molecule has 2 aliphatic rings. The fourth-order valence-corrected chi connectivity index (χ4v) is 3.44. The van der Waals surface area contributed by atoms with Gasteiger partial charge in [-0.1, -0.05) is 15.9 Å². The molecule has 0 aromatic carbocycles. The zero-order chi connectivity index (χ0) is 11.8. The number of ether oxygens (including phenoxy) is 1. The van der Waals surface area contributed by atoms with Gasteiger partial charge in [0.05, 0.1) is 17.9 Å². The molecule has 1 fully saturated rings. The fourth-order valence-electron chi connectivity index (χ4n) is 2.34. The van der Waals surface area contributed by atoms with Crippen LogP contribution < -0.4 is 4.74 Å². The molecule has 1 aliphatic heterocycles. The Kier molecular flexibility index (Phi) is 3.13. The number of alkyl halides is 1. The first-order valence-corrected chi connectivity index (χ1v) is 7.84. The normalized spacial score (nSPS) is 23.8. The smallest absolute Gasteiger partial charge is 0.233 e. The third-order valence-corrected chi connectivity index (χ3v) is 4.78. The molecular formula is C12H14BrNO2S. The Morgan fingerprint density at radius 3 is 3.12 bits per heavy atom. The summed E-state index contributed by atoms with van der Waals surface area (Å²) < 4.78 is 5.84. The van der Waals surface area contributed by atoms with E-state index in [0.717, 1.165) is 10.6 Å². The van der Waals surface area contributed by atoms with Crippen molar-refractivity contribution in [1.29, 1.82) is 0 Å². The Bertz CT molecular complexity index is 430. The van der Waals surface area contributed by atoms with Gasteiger partial charge in [-0.2, -0.15) is 0 Å². The number of rotatable bonds is 2. The van der Waals surface area contributed by atoms with Gasteiger partial charge < -0.3 is 9.64 Å². The number of hydrogen-bond acceptors (Lipinski definition) is 3. The number of carbonyl (C=O) groups excluding carboxylic acids is 1. The van der Waals surface area contributed by atoms with Gasteiger partial charge in [0.15, 0.2) is 5.06 Å². The molecule has 92 valence electrons. The van der Waals surface area contributed by atoms with Crippen LogP contribution in [0.4, 0.5) is 0 Å². The summed E-state index contributed by atoms with van der Waals surface area (Å²) in [5.41, 5.74) is 1.15. The highest BCUT2D eigenvalue weighted by atomic mass is 79.9. The van der Waals surface area contributed by atoms with Crippen LogP contribution >= 0.6 is 27.3 Å². The van der Waals surface area contributed by atoms with E-state index in [-0.39, 0.29) is 11.9 Å². The van der Waals surface area contributed by atoms with Crippen LogP contribution in [0.1, 0.15) is 18.4 Å². The maximum atomic E-state index is 12.0. The first-order valence-electron chi connectivity index (χ1n) is 5.84.